The van der Waals surface area contributed by atoms with Crippen molar-refractivity contribution in [3.05, 3.63) is 53.8 Å². The number of carbonyl (C=O) groups is 1. The molecule has 2 aromatic rings. The van der Waals surface area contributed by atoms with Crippen LogP contribution < -0.4 is 14.5 Å². The van der Waals surface area contributed by atoms with Crippen molar-refractivity contribution in [1.82, 2.24) is 0 Å². The Kier molecular flexibility index (Phi) is 5.58. The summed E-state index contributed by atoms with van der Waals surface area (Å²) in [5.41, 5.74) is 1.93. The zero-order valence-electron chi connectivity index (χ0n) is 16.6. The van der Waals surface area contributed by atoms with E-state index in [1.54, 1.807) is 24.1 Å². The molecule has 0 bridgehead atoms. The quantitative estimate of drug-likeness (QED) is 0.755. The molecule has 0 aromatic heterocycles. The molecule has 6 nitrogen and oxygen atoms in total. The van der Waals surface area contributed by atoms with Crippen molar-refractivity contribution in [2.75, 3.05) is 43.2 Å². The van der Waals surface area contributed by atoms with Crippen LogP contribution in [0.2, 0.25) is 0 Å². The first-order valence-electron chi connectivity index (χ1n) is 9.88. The Morgan fingerprint density at radius 2 is 1.86 bits per heavy atom. The molecule has 0 radical (unpaired) electrons. The van der Waals surface area contributed by atoms with Gasteiger partial charge in [0.2, 0.25) is 0 Å². The number of nitrogens with zero attached hydrogens (tertiary/aromatic N) is 2. The summed E-state index contributed by atoms with van der Waals surface area (Å²) in [7, 11) is 1.61. The van der Waals surface area contributed by atoms with Crippen LogP contribution in [0.1, 0.15) is 24.9 Å². The van der Waals surface area contributed by atoms with E-state index >= 15 is 0 Å². The molecule has 2 heterocycles. The number of anilines is 2. The second-order valence-electron chi connectivity index (χ2n) is 7.15. The lowest BCUT2D eigenvalue weighted by molar-refractivity contribution is 0.122. The van der Waals surface area contributed by atoms with E-state index in [2.05, 4.69) is 0 Å². The monoisotopic (exact) mass is 400 g/mol. The highest BCUT2D eigenvalue weighted by Crippen LogP contribution is 2.40. The van der Waals surface area contributed by atoms with Gasteiger partial charge in [-0.25, -0.2) is 9.18 Å². The number of benzene rings is 2. The molecule has 2 atom stereocenters. The van der Waals surface area contributed by atoms with Crippen molar-refractivity contribution >= 4 is 17.5 Å². The van der Waals surface area contributed by atoms with E-state index in [-0.39, 0.29) is 18.0 Å². The van der Waals surface area contributed by atoms with Gasteiger partial charge < -0.3 is 19.1 Å². The summed E-state index contributed by atoms with van der Waals surface area (Å²) in [5, 5.41) is 0. The van der Waals surface area contributed by atoms with Gasteiger partial charge in [0.1, 0.15) is 23.7 Å². The number of morpholine rings is 1. The highest BCUT2D eigenvalue weighted by Gasteiger charge is 2.43. The van der Waals surface area contributed by atoms with Crippen LogP contribution >= 0.6 is 0 Å². The molecule has 0 saturated carbocycles. The Bertz CT molecular complexity index is 868. The van der Waals surface area contributed by atoms with Crippen LogP contribution in [-0.2, 0) is 9.47 Å². The summed E-state index contributed by atoms with van der Waals surface area (Å²) in [6.07, 6.45) is -0.109. The molecular weight excluding hydrogens is 375 g/mol. The molecule has 0 N–H and O–H groups in total. The first-order valence-corrected chi connectivity index (χ1v) is 9.88. The molecule has 2 fully saturated rings. The van der Waals surface area contributed by atoms with Crippen molar-refractivity contribution in [2.45, 2.75) is 25.5 Å². The van der Waals surface area contributed by atoms with Gasteiger partial charge in [0.05, 0.1) is 31.7 Å². The maximum Gasteiger partial charge on any atom is 0.415 e. The van der Waals surface area contributed by atoms with E-state index in [1.165, 1.54) is 6.07 Å². The minimum atomic E-state index is -0.462. The lowest BCUT2D eigenvalue weighted by atomic mass is 9.98. The van der Waals surface area contributed by atoms with E-state index in [0.29, 0.717) is 44.1 Å². The van der Waals surface area contributed by atoms with Crippen LogP contribution in [0.5, 0.6) is 5.75 Å². The van der Waals surface area contributed by atoms with E-state index < -0.39 is 6.09 Å². The van der Waals surface area contributed by atoms with E-state index in [1.807, 2.05) is 36.1 Å². The maximum atomic E-state index is 14.9. The number of halogens is 1. The van der Waals surface area contributed by atoms with Crippen LogP contribution in [0.25, 0.3) is 0 Å². The first kappa shape index (κ1) is 19.5. The SMILES string of the molecule is CC[C@H]1OC(=O)N(c2ccc(N3CCOCC3)c(F)c2)[C@@H]1c1ccc(OC)cc1. The summed E-state index contributed by atoms with van der Waals surface area (Å²) >= 11 is 0. The van der Waals surface area contributed by atoms with E-state index in [0.717, 1.165) is 11.3 Å². The number of carbonyl (C=O) groups excluding carboxylic acids is 1. The minimum absolute atomic E-state index is 0.308. The second kappa shape index (κ2) is 8.29. The average Bonchev–Trinajstić information content (AvgIpc) is 3.10. The van der Waals surface area contributed by atoms with Gasteiger partial charge in [-0.05, 0) is 42.3 Å². The van der Waals surface area contributed by atoms with Gasteiger partial charge in [0.15, 0.2) is 0 Å². The van der Waals surface area contributed by atoms with Crippen LogP contribution in [0, 0.1) is 5.82 Å². The summed E-state index contributed by atoms with van der Waals surface area (Å²) in [5.74, 6) is 0.380. The minimum Gasteiger partial charge on any atom is -0.497 e. The number of cyclic esters (lactones) is 1. The fourth-order valence-corrected chi connectivity index (χ4v) is 3.97. The molecule has 0 spiro atoms. The van der Waals surface area contributed by atoms with E-state index in [4.69, 9.17) is 14.2 Å². The van der Waals surface area contributed by atoms with Gasteiger partial charge in [-0.3, -0.25) is 4.90 Å². The number of methoxy groups -OCH3 is 1. The largest absolute Gasteiger partial charge is 0.497 e. The smallest absolute Gasteiger partial charge is 0.415 e. The van der Waals surface area contributed by atoms with Gasteiger partial charge in [-0.15, -0.1) is 0 Å². The van der Waals surface area contributed by atoms with Gasteiger partial charge in [-0.1, -0.05) is 19.1 Å². The van der Waals surface area contributed by atoms with Gasteiger partial charge in [0, 0.05) is 13.1 Å². The predicted octanol–water partition coefficient (Wildman–Crippen LogP) is 4.15. The Morgan fingerprint density at radius 3 is 2.48 bits per heavy atom. The highest BCUT2D eigenvalue weighted by atomic mass is 19.1. The third-order valence-electron chi connectivity index (χ3n) is 5.50. The molecule has 1 amide bonds. The number of ether oxygens (including phenoxy) is 3. The van der Waals surface area contributed by atoms with Gasteiger partial charge in [0.25, 0.3) is 0 Å². The molecule has 7 heteroatoms. The van der Waals surface area contributed by atoms with Crippen molar-refractivity contribution in [2.24, 2.45) is 0 Å². The molecule has 154 valence electrons. The highest BCUT2D eigenvalue weighted by molar-refractivity contribution is 5.91. The zero-order chi connectivity index (χ0) is 20.4. The fraction of sp³-hybridized carbons (Fsp3) is 0.409. The summed E-state index contributed by atoms with van der Waals surface area (Å²) in [4.78, 5) is 16.2. The molecule has 2 aliphatic heterocycles. The summed E-state index contributed by atoms with van der Waals surface area (Å²) in [6.45, 7) is 4.43. The van der Waals surface area contributed by atoms with Crippen LogP contribution in [-0.4, -0.2) is 45.6 Å². The van der Waals surface area contributed by atoms with Crippen molar-refractivity contribution in [3.8, 4) is 5.75 Å². The lowest BCUT2D eigenvalue weighted by Crippen LogP contribution is -2.36. The number of hydrogen-bond donors (Lipinski definition) is 0. The maximum absolute atomic E-state index is 14.9. The predicted molar refractivity (Wildman–Crippen MR) is 108 cm³/mol. The van der Waals surface area contributed by atoms with Crippen molar-refractivity contribution < 1.29 is 23.4 Å². The van der Waals surface area contributed by atoms with Crippen LogP contribution in [0.3, 0.4) is 0 Å². The third-order valence-corrected chi connectivity index (χ3v) is 5.50. The fourth-order valence-electron chi connectivity index (χ4n) is 3.97. The van der Waals surface area contributed by atoms with Crippen LogP contribution in [0.15, 0.2) is 42.5 Å². The van der Waals surface area contributed by atoms with Gasteiger partial charge in [-0.2, -0.15) is 0 Å². The van der Waals surface area contributed by atoms with E-state index in [9.17, 15) is 9.18 Å². The number of hydrogen-bond acceptors (Lipinski definition) is 5. The first-order chi connectivity index (χ1) is 14.1. The average molecular weight is 400 g/mol. The number of rotatable bonds is 5. The normalized spacial score (nSPS) is 22.0. The topological polar surface area (TPSA) is 51.2 Å². The molecule has 29 heavy (non-hydrogen) atoms. The Balaban J connectivity index is 1.67. The molecule has 4 rings (SSSR count). The van der Waals surface area contributed by atoms with Crippen molar-refractivity contribution in [3.63, 3.8) is 0 Å². The molecule has 2 aliphatic rings. The van der Waals surface area contributed by atoms with Crippen LogP contribution in [0.4, 0.5) is 20.6 Å². The third kappa shape index (κ3) is 3.74. The molecule has 0 unspecified atom stereocenters. The lowest BCUT2D eigenvalue weighted by Gasteiger charge is -2.30. The zero-order valence-corrected chi connectivity index (χ0v) is 16.6. The molecular formula is C22H25FN2O4. The Hall–Kier alpha value is -2.80. The number of amides is 1. The Labute approximate surface area is 169 Å². The Morgan fingerprint density at radius 1 is 1.14 bits per heavy atom. The second-order valence-corrected chi connectivity index (χ2v) is 7.15. The summed E-state index contributed by atoms with van der Waals surface area (Å²) in [6, 6.07) is 12.1. The molecule has 2 aromatic carbocycles. The summed E-state index contributed by atoms with van der Waals surface area (Å²) < 4.78 is 31.1. The molecule has 2 saturated heterocycles. The standard InChI is InChI=1S/C22H25FN2O4/c1-3-20-21(15-4-7-17(27-2)8-5-15)25(22(26)29-20)16-6-9-19(18(23)14-16)24-10-12-28-13-11-24/h4-9,14,20-21H,3,10-13H2,1-2H3/t20-,21-/m1/s1. The van der Waals surface area contributed by atoms with Crippen molar-refractivity contribution in [1.29, 1.82) is 0 Å². The molecule has 0 aliphatic carbocycles. The van der Waals surface area contributed by atoms with Gasteiger partial charge >= 0.3 is 6.09 Å².